The van der Waals surface area contributed by atoms with Crippen LogP contribution in [0.5, 0.6) is 0 Å². The molecule has 1 fully saturated rings. The van der Waals surface area contributed by atoms with Gasteiger partial charge in [-0.2, -0.15) is 5.10 Å². The summed E-state index contributed by atoms with van der Waals surface area (Å²) < 4.78 is 12.8. The Kier molecular flexibility index (Phi) is 12.6. The maximum Gasteiger partial charge on any atom is 0.272 e. The third-order valence-corrected chi connectivity index (χ3v) is 7.56. The van der Waals surface area contributed by atoms with Crippen LogP contribution in [0.2, 0.25) is 0 Å². The molecule has 212 valence electrons. The number of carbonyl (C=O) groups is 1. The van der Waals surface area contributed by atoms with Crippen LogP contribution in [-0.2, 0) is 16.0 Å². The number of amides is 1. The fourth-order valence-corrected chi connectivity index (χ4v) is 4.85. The molecule has 6 heteroatoms. The average molecular weight is 526 g/mol. The number of ether oxygens (including phenoxy) is 2. The third-order valence-electron chi connectivity index (χ3n) is 7.56. The topological polar surface area (TPSA) is 56.6 Å². The lowest BCUT2D eigenvalue weighted by Gasteiger charge is -2.45. The van der Waals surface area contributed by atoms with Crippen molar-refractivity contribution in [1.82, 2.24) is 14.7 Å². The van der Waals surface area contributed by atoms with E-state index in [1.807, 2.05) is 74.6 Å². The van der Waals surface area contributed by atoms with E-state index in [1.54, 1.807) is 7.11 Å². The highest BCUT2D eigenvalue weighted by Gasteiger charge is 2.43. The summed E-state index contributed by atoms with van der Waals surface area (Å²) in [4.78, 5) is 15.3. The van der Waals surface area contributed by atoms with Crippen LogP contribution >= 0.6 is 0 Å². The van der Waals surface area contributed by atoms with Crippen LogP contribution in [0.15, 0.2) is 48.3 Å². The van der Waals surface area contributed by atoms with E-state index in [2.05, 4.69) is 20.4 Å². The Morgan fingerprint density at radius 2 is 1.92 bits per heavy atom. The molecule has 1 aliphatic heterocycles. The molecule has 1 aliphatic carbocycles. The normalized spacial score (nSPS) is 21.0. The van der Waals surface area contributed by atoms with Crippen LogP contribution in [0, 0.1) is 5.92 Å². The van der Waals surface area contributed by atoms with Gasteiger partial charge in [0.15, 0.2) is 0 Å². The summed E-state index contributed by atoms with van der Waals surface area (Å²) in [6, 6.07) is 1.87. The van der Waals surface area contributed by atoms with Gasteiger partial charge in [0.05, 0.1) is 31.0 Å². The van der Waals surface area contributed by atoms with E-state index in [4.69, 9.17) is 14.6 Å². The van der Waals surface area contributed by atoms with Gasteiger partial charge in [0.1, 0.15) is 11.5 Å². The Labute approximate surface area is 231 Å². The summed E-state index contributed by atoms with van der Waals surface area (Å²) in [5, 5.41) is 4.73. The number of carbonyl (C=O) groups excluding carboxylic acids is 1. The number of hydrogen-bond donors (Lipinski definition) is 0. The molecule has 1 aromatic rings. The van der Waals surface area contributed by atoms with Crippen LogP contribution < -0.4 is 0 Å². The molecular formula is C32H51N3O3. The minimum absolute atomic E-state index is 0.0186. The first-order valence-corrected chi connectivity index (χ1v) is 14.3. The van der Waals surface area contributed by atoms with Crippen LogP contribution in [0.25, 0.3) is 5.57 Å². The van der Waals surface area contributed by atoms with Crippen molar-refractivity contribution >= 4 is 11.5 Å². The highest BCUT2D eigenvalue weighted by molar-refractivity contribution is 5.95. The summed E-state index contributed by atoms with van der Waals surface area (Å²) in [6.45, 7) is 20.4. The number of methoxy groups -OCH3 is 1. The zero-order valence-electron chi connectivity index (χ0n) is 25.2. The van der Waals surface area contributed by atoms with Crippen LogP contribution in [-0.4, -0.2) is 52.5 Å². The van der Waals surface area contributed by atoms with E-state index >= 15 is 0 Å². The highest BCUT2D eigenvalue weighted by atomic mass is 16.5. The number of nitrogens with zero attached hydrogens (tertiary/aromatic N) is 3. The number of aromatic nitrogens is 2. The molecule has 2 aliphatic rings. The summed E-state index contributed by atoms with van der Waals surface area (Å²) in [7, 11) is 1.64. The van der Waals surface area contributed by atoms with Crippen molar-refractivity contribution in [2.24, 2.45) is 5.92 Å². The van der Waals surface area contributed by atoms with Gasteiger partial charge in [0.25, 0.3) is 5.91 Å². The fraction of sp³-hybridized carbons (Fsp3) is 0.625. The molecule has 0 bridgehead atoms. The first-order chi connectivity index (χ1) is 18.0. The van der Waals surface area contributed by atoms with Crippen molar-refractivity contribution in [1.29, 1.82) is 0 Å². The molecule has 38 heavy (non-hydrogen) atoms. The Hall–Kier alpha value is -2.60. The van der Waals surface area contributed by atoms with Crippen molar-refractivity contribution < 1.29 is 14.3 Å². The number of fused-ring (bicyclic) bond motifs is 1. The average Bonchev–Trinajstić information content (AvgIpc) is 3.30. The predicted molar refractivity (Wildman–Crippen MR) is 158 cm³/mol. The molecule has 0 radical (unpaired) electrons. The smallest absolute Gasteiger partial charge is 0.272 e. The van der Waals surface area contributed by atoms with Crippen LogP contribution in [0.4, 0.5) is 0 Å². The van der Waals surface area contributed by atoms with E-state index in [0.717, 1.165) is 34.9 Å². The monoisotopic (exact) mass is 525 g/mol. The second-order valence-corrected chi connectivity index (χ2v) is 11.2. The Morgan fingerprint density at radius 1 is 1.24 bits per heavy atom. The maximum absolute atomic E-state index is 13.4. The third kappa shape index (κ3) is 8.72. The summed E-state index contributed by atoms with van der Waals surface area (Å²) in [6.07, 6.45) is 16.1. The van der Waals surface area contributed by atoms with Crippen molar-refractivity contribution in [3.05, 3.63) is 59.7 Å². The molecular weight excluding hydrogens is 474 g/mol. The van der Waals surface area contributed by atoms with Crippen LogP contribution in [0.3, 0.4) is 0 Å². The second kappa shape index (κ2) is 15.1. The van der Waals surface area contributed by atoms with Gasteiger partial charge in [-0.15, -0.1) is 0 Å². The lowest BCUT2D eigenvalue weighted by atomic mass is 9.89. The second-order valence-electron chi connectivity index (χ2n) is 11.2. The van der Waals surface area contributed by atoms with Gasteiger partial charge >= 0.3 is 0 Å². The SMILES string of the molecule is C=C(C)C1(C)Cn2nc(/C(C)=C/C=C(\C=C/C)OC)cc2C(=O)N1CCCOC(C)C.CC1CCCCC1. The van der Waals surface area contributed by atoms with E-state index in [0.29, 0.717) is 25.4 Å². The van der Waals surface area contributed by atoms with Crippen molar-refractivity contribution in [3.8, 4) is 0 Å². The standard InChI is InChI=1S/C25H37N3O3.C7H14/c1-9-11-21(30-8)13-12-20(6)22-16-23-24(29)27(14-10-15-31-19(4)5)25(7,18(2)3)17-28(23)26-22;1-7-5-3-2-4-6-7/h9,11-13,16,19H,2,10,14-15,17H2,1,3-8H3;7H,2-6H2,1H3/b11-9-,20-12+,21-13+;. The summed E-state index contributed by atoms with van der Waals surface area (Å²) in [5.41, 5.74) is 2.81. The molecule has 1 aromatic heterocycles. The summed E-state index contributed by atoms with van der Waals surface area (Å²) >= 11 is 0. The van der Waals surface area contributed by atoms with Gasteiger partial charge in [0.2, 0.25) is 0 Å². The highest BCUT2D eigenvalue weighted by Crippen LogP contribution is 2.33. The zero-order valence-corrected chi connectivity index (χ0v) is 25.2. The lowest BCUT2D eigenvalue weighted by Crippen LogP contribution is -2.57. The number of allylic oxidation sites excluding steroid dienone is 5. The lowest BCUT2D eigenvalue weighted by molar-refractivity contribution is 0.0345. The van der Waals surface area contributed by atoms with E-state index in [1.165, 1.54) is 32.1 Å². The predicted octanol–water partition coefficient (Wildman–Crippen LogP) is 7.59. The minimum atomic E-state index is -0.488. The Morgan fingerprint density at radius 3 is 2.45 bits per heavy atom. The first-order valence-electron chi connectivity index (χ1n) is 14.3. The van der Waals surface area contributed by atoms with Crippen LogP contribution in [0.1, 0.15) is 103 Å². The molecule has 2 heterocycles. The van der Waals surface area contributed by atoms with Gasteiger partial charge in [-0.3, -0.25) is 9.48 Å². The molecule has 3 rings (SSSR count). The Balaban J connectivity index is 0.000000624. The number of rotatable bonds is 10. The van der Waals surface area contributed by atoms with Crippen molar-refractivity contribution in [3.63, 3.8) is 0 Å². The molecule has 1 atom stereocenters. The molecule has 1 unspecified atom stereocenters. The Bertz CT molecular complexity index is 1010. The van der Waals surface area contributed by atoms with Gasteiger partial charge in [-0.25, -0.2) is 0 Å². The first kappa shape index (κ1) is 31.6. The van der Waals surface area contributed by atoms with E-state index in [9.17, 15) is 4.79 Å². The van der Waals surface area contributed by atoms with Gasteiger partial charge in [0, 0.05) is 13.2 Å². The van der Waals surface area contributed by atoms with E-state index < -0.39 is 5.54 Å². The van der Waals surface area contributed by atoms with E-state index in [-0.39, 0.29) is 12.0 Å². The molecule has 0 spiro atoms. The van der Waals surface area contributed by atoms with Gasteiger partial charge in [-0.1, -0.05) is 63.3 Å². The maximum atomic E-state index is 13.4. The molecule has 0 saturated heterocycles. The van der Waals surface area contributed by atoms with Crippen molar-refractivity contribution in [2.45, 2.75) is 105 Å². The summed E-state index contributed by atoms with van der Waals surface area (Å²) in [5.74, 6) is 1.77. The molecule has 0 N–H and O–H groups in total. The van der Waals surface area contributed by atoms with Gasteiger partial charge < -0.3 is 14.4 Å². The fourth-order valence-electron chi connectivity index (χ4n) is 4.85. The van der Waals surface area contributed by atoms with Gasteiger partial charge in [-0.05, 0) is 77.7 Å². The quantitative estimate of drug-likeness (QED) is 0.137. The zero-order chi connectivity index (χ0) is 28.3. The van der Waals surface area contributed by atoms with Crippen molar-refractivity contribution in [2.75, 3.05) is 20.3 Å². The molecule has 1 saturated carbocycles. The number of hydrogen-bond acceptors (Lipinski definition) is 4. The molecule has 0 aromatic carbocycles. The minimum Gasteiger partial charge on any atom is -0.497 e. The molecule has 1 amide bonds. The molecule has 6 nitrogen and oxygen atoms in total. The largest absolute Gasteiger partial charge is 0.497 e.